The van der Waals surface area contributed by atoms with Crippen molar-refractivity contribution in [2.45, 2.75) is 242 Å². The molecule has 3 aromatic rings. The lowest BCUT2D eigenvalue weighted by molar-refractivity contribution is -0.142. The predicted molar refractivity (Wildman–Crippen MR) is 364 cm³/mol. The van der Waals surface area contributed by atoms with Crippen molar-refractivity contribution in [1.82, 2.24) is 35.1 Å². The van der Waals surface area contributed by atoms with Crippen molar-refractivity contribution < 1.29 is 28.5 Å². The zero-order valence-corrected chi connectivity index (χ0v) is 57.9. The number of morpholine rings is 1. The molecule has 2 saturated heterocycles. The lowest BCUT2D eigenvalue weighted by Gasteiger charge is -2.49. The molecular formula is C73H124N8O6. The van der Waals surface area contributed by atoms with Gasteiger partial charge in [-0.05, 0) is 177 Å². The van der Waals surface area contributed by atoms with Crippen LogP contribution in [-0.2, 0) is 41.5 Å². The number of nitrogens with zero attached hydrogens (tertiary/aromatic N) is 6. The molecule has 4 heterocycles. The number of ether oxygens (including phenoxy) is 4. The quantitative estimate of drug-likeness (QED) is 0.0437. The van der Waals surface area contributed by atoms with Crippen LogP contribution in [0.2, 0.25) is 0 Å². The van der Waals surface area contributed by atoms with E-state index in [0.717, 1.165) is 123 Å². The van der Waals surface area contributed by atoms with Gasteiger partial charge in [0.05, 0.1) is 49.4 Å². The fraction of sp³-hybridized carbons (Fsp3) is 0.740. The Hall–Kier alpha value is -4.49. The van der Waals surface area contributed by atoms with Gasteiger partial charge >= 0.3 is 0 Å². The smallest absolute Gasteiger partial charge is 0.293 e. The van der Waals surface area contributed by atoms with Crippen molar-refractivity contribution in [3.05, 3.63) is 59.6 Å². The Kier molecular flexibility index (Phi) is 32.4. The molecule has 0 radical (unpaired) electrons. The molecule has 0 spiro atoms. The lowest BCUT2D eigenvalue weighted by Crippen LogP contribution is -2.65. The van der Waals surface area contributed by atoms with E-state index in [9.17, 15) is 4.79 Å². The standard InChI is InChI=1S/C54H87N7O6.C9H19N.C8H16.C2H2/c1-14-19-42(48(40(7)61-26-18-17-24-56-61)57-52(63)50(38(4)5)60-28-30-66-36-54(60,11)23-29-64-12)22-27-58(25-15-2)43-20-21-47-44(32-43)46(33-53(9,10)35-67-37-62)51(59(47)16-3)45-31-39(6)34-55-49(45)41(8)65-13;1-3-7-10(8-4-2)9-5-6-9;1-3-8(4-2)6-5-7-8;1-2/h20-21,31-32,34,37-38,41-42,48,50,56H,7,14-19,22-30,33,35-36H2,1-6,8-13H3,(H,57,63);9H,3-8H2,1-2H3;3-7H2,1-2H3;1-2H. The Bertz CT molecular complexity index is 2490. The lowest BCUT2D eigenvalue weighted by atomic mass is 9.65. The Labute approximate surface area is 530 Å². The summed E-state index contributed by atoms with van der Waals surface area (Å²) < 4.78 is 25.3. The van der Waals surface area contributed by atoms with Crippen LogP contribution in [0.1, 0.15) is 216 Å². The highest BCUT2D eigenvalue weighted by molar-refractivity contribution is 5.94. The Morgan fingerprint density at radius 2 is 1.63 bits per heavy atom. The predicted octanol–water partition coefficient (Wildman–Crippen LogP) is 14.8. The normalized spacial score (nSPS) is 19.1. The van der Waals surface area contributed by atoms with Crippen LogP contribution >= 0.6 is 0 Å². The second-order valence-electron chi connectivity index (χ2n) is 26.9. The van der Waals surface area contributed by atoms with E-state index in [2.05, 4.69) is 169 Å². The number of aryl methyl sites for hydroxylation is 2. The monoisotopic (exact) mass is 1210 g/mol. The molecule has 7 rings (SSSR count). The average molecular weight is 1210 g/mol. The maximum atomic E-state index is 15.0. The molecule has 0 bridgehead atoms. The molecule has 2 aromatic heterocycles. The van der Waals surface area contributed by atoms with Gasteiger partial charge in [0, 0.05) is 111 Å². The molecule has 14 nitrogen and oxygen atoms in total. The SMILES string of the molecule is C#C.C=C(C(NC(=O)C(C(C)C)N1CCOCC1(C)CCOC)C(CCC)CCN(CCC)c1ccc2c(c1)c(CC(C)(C)COC=O)c(-c1cc(C)cnc1C(C)OC)n2CC)N1CCCCN1.CCC1(CC)CCC1.CCCN(CCC)C1CC1. The Morgan fingerprint density at radius 3 is 2.16 bits per heavy atom. The van der Waals surface area contributed by atoms with Crippen molar-refractivity contribution in [2.75, 3.05) is 91.4 Å². The number of anilines is 1. The third-order valence-electron chi connectivity index (χ3n) is 19.3. The van der Waals surface area contributed by atoms with Crippen molar-refractivity contribution in [3.8, 4) is 24.1 Å². The highest BCUT2D eigenvalue weighted by Crippen LogP contribution is 2.46. The van der Waals surface area contributed by atoms with Crippen molar-refractivity contribution in [3.63, 3.8) is 0 Å². The summed E-state index contributed by atoms with van der Waals surface area (Å²) in [6.45, 7) is 45.8. The van der Waals surface area contributed by atoms with E-state index >= 15 is 4.79 Å². The van der Waals surface area contributed by atoms with Gasteiger partial charge in [-0.3, -0.25) is 19.5 Å². The maximum absolute atomic E-state index is 15.0. The van der Waals surface area contributed by atoms with Crippen LogP contribution in [0.3, 0.4) is 0 Å². The largest absolute Gasteiger partial charge is 0.467 e. The number of carbonyl (C=O) groups is 2. The minimum Gasteiger partial charge on any atom is -0.467 e. The number of carbonyl (C=O) groups excluding carboxylic acids is 2. The van der Waals surface area contributed by atoms with Gasteiger partial charge in [-0.2, -0.15) is 0 Å². The molecule has 2 aliphatic heterocycles. The zero-order valence-electron chi connectivity index (χ0n) is 57.9. The van der Waals surface area contributed by atoms with Crippen LogP contribution < -0.4 is 15.6 Å². The van der Waals surface area contributed by atoms with Gasteiger partial charge in [0.1, 0.15) is 0 Å². The summed E-state index contributed by atoms with van der Waals surface area (Å²) in [5, 5.41) is 7.08. The Balaban J connectivity index is 0.000000683. The van der Waals surface area contributed by atoms with E-state index < -0.39 is 0 Å². The third-order valence-corrected chi connectivity index (χ3v) is 19.3. The molecule has 5 atom stereocenters. The molecule has 1 aromatic carbocycles. The number of benzene rings is 1. The summed E-state index contributed by atoms with van der Waals surface area (Å²) in [6.07, 6.45) is 30.0. The number of hydrogen-bond acceptors (Lipinski definition) is 12. The van der Waals surface area contributed by atoms with Gasteiger partial charge in [0.25, 0.3) is 6.47 Å². The first-order valence-electron chi connectivity index (χ1n) is 34.1. The maximum Gasteiger partial charge on any atom is 0.293 e. The summed E-state index contributed by atoms with van der Waals surface area (Å²) in [5.41, 5.74) is 12.4. The van der Waals surface area contributed by atoms with E-state index in [0.29, 0.717) is 45.9 Å². The summed E-state index contributed by atoms with van der Waals surface area (Å²) in [5.74, 6) is 0.273. The summed E-state index contributed by atoms with van der Waals surface area (Å²) in [6, 6.07) is 9.57. The van der Waals surface area contributed by atoms with E-state index in [-0.39, 0.29) is 46.9 Å². The molecule has 4 aliphatic rings. The van der Waals surface area contributed by atoms with E-state index in [4.69, 9.17) is 30.5 Å². The number of terminal acetylenes is 1. The average Bonchev–Trinajstić information content (AvgIpc) is 1.72. The van der Waals surface area contributed by atoms with Gasteiger partial charge in [0.2, 0.25) is 5.91 Å². The van der Waals surface area contributed by atoms with Gasteiger partial charge < -0.3 is 43.6 Å². The summed E-state index contributed by atoms with van der Waals surface area (Å²) in [4.78, 5) is 39.0. The number of methoxy groups -OCH3 is 2. The number of hydrogen-bond donors (Lipinski definition) is 2. The molecule has 4 fully saturated rings. The van der Waals surface area contributed by atoms with E-state index in [1.165, 1.54) is 87.5 Å². The molecule has 2 aliphatic carbocycles. The van der Waals surface area contributed by atoms with Gasteiger partial charge in [-0.15, -0.1) is 12.8 Å². The molecule has 14 heteroatoms. The third kappa shape index (κ3) is 21.0. The topological polar surface area (TPSA) is 126 Å². The molecule has 5 unspecified atom stereocenters. The van der Waals surface area contributed by atoms with Crippen LogP contribution in [0.4, 0.5) is 5.69 Å². The van der Waals surface area contributed by atoms with Gasteiger partial charge in [-0.1, -0.05) is 101 Å². The molecule has 87 heavy (non-hydrogen) atoms. The second kappa shape index (κ2) is 37.6. The minimum atomic E-state index is -0.344. The van der Waals surface area contributed by atoms with Crippen LogP contribution in [0.15, 0.2) is 42.7 Å². The Morgan fingerprint density at radius 1 is 0.943 bits per heavy atom. The van der Waals surface area contributed by atoms with Crippen LogP contribution in [0.25, 0.3) is 22.2 Å². The van der Waals surface area contributed by atoms with Crippen LogP contribution in [0.5, 0.6) is 0 Å². The first-order chi connectivity index (χ1) is 41.8. The van der Waals surface area contributed by atoms with Gasteiger partial charge in [0.15, 0.2) is 0 Å². The fourth-order valence-corrected chi connectivity index (χ4v) is 13.8. The molecule has 2 N–H and O–H groups in total. The summed E-state index contributed by atoms with van der Waals surface area (Å²) >= 11 is 0. The molecule has 492 valence electrons. The second-order valence-corrected chi connectivity index (χ2v) is 26.9. The first-order valence-corrected chi connectivity index (χ1v) is 34.1. The van der Waals surface area contributed by atoms with E-state index in [1.54, 1.807) is 14.2 Å². The minimum absolute atomic E-state index is 0.0535. The summed E-state index contributed by atoms with van der Waals surface area (Å²) in [7, 11) is 3.47. The van der Waals surface area contributed by atoms with Crippen molar-refractivity contribution >= 4 is 29.0 Å². The zero-order chi connectivity index (χ0) is 64.3. The number of hydrazine groups is 1. The number of fused-ring (bicyclic) bond motifs is 1. The van der Waals surface area contributed by atoms with Crippen LogP contribution in [0, 0.1) is 42.4 Å². The first kappa shape index (κ1) is 75.0. The number of nitrogens with one attached hydrogen (secondary N) is 2. The van der Waals surface area contributed by atoms with Crippen molar-refractivity contribution in [2.24, 2.45) is 22.7 Å². The number of aromatic nitrogens is 2. The number of rotatable bonds is 34. The number of pyridine rings is 1. The number of amides is 1. The molecule has 1 amide bonds. The highest BCUT2D eigenvalue weighted by atomic mass is 16.5. The van der Waals surface area contributed by atoms with Gasteiger partial charge in [-0.25, -0.2) is 5.43 Å². The fourth-order valence-electron chi connectivity index (χ4n) is 13.8. The van der Waals surface area contributed by atoms with E-state index in [1.807, 2.05) is 6.20 Å². The molecule has 2 saturated carbocycles. The highest BCUT2D eigenvalue weighted by Gasteiger charge is 2.44. The van der Waals surface area contributed by atoms with Crippen LogP contribution in [-0.4, -0.2) is 147 Å². The van der Waals surface area contributed by atoms with Crippen molar-refractivity contribution in [1.29, 1.82) is 0 Å². The molecular weight excluding hydrogens is 1080 g/mol.